The van der Waals surface area contributed by atoms with Gasteiger partial charge in [0.15, 0.2) is 0 Å². The van der Waals surface area contributed by atoms with Gasteiger partial charge in [-0.1, -0.05) is 24.3 Å². The van der Waals surface area contributed by atoms with Crippen LogP contribution in [-0.2, 0) is 22.2 Å². The third kappa shape index (κ3) is 6.35. The van der Waals surface area contributed by atoms with E-state index in [1.807, 2.05) is 6.07 Å². The Balaban J connectivity index is 1.95. The minimum Gasteiger partial charge on any atom is -0.334 e. The Morgan fingerprint density at radius 2 is 1.76 bits per heavy atom. The first-order valence-electron chi connectivity index (χ1n) is 8.97. The minimum atomic E-state index is -4.59. The van der Waals surface area contributed by atoms with Crippen molar-refractivity contribution >= 4 is 17.5 Å². The number of nitrogens with zero attached hydrogens (tertiary/aromatic N) is 2. The molecule has 0 spiro atoms. The van der Waals surface area contributed by atoms with E-state index in [4.69, 9.17) is 5.26 Å². The second kappa shape index (κ2) is 9.73. The van der Waals surface area contributed by atoms with Gasteiger partial charge in [-0.15, -0.1) is 0 Å². The van der Waals surface area contributed by atoms with Crippen LogP contribution in [0.1, 0.15) is 30.0 Å². The molecular weight excluding hydrogens is 383 g/mol. The summed E-state index contributed by atoms with van der Waals surface area (Å²) in [5.74, 6) is -0.980. The van der Waals surface area contributed by atoms with Gasteiger partial charge in [-0.05, 0) is 43.2 Å². The number of amides is 2. The zero-order valence-electron chi connectivity index (χ0n) is 15.8. The Bertz CT molecular complexity index is 903. The lowest BCUT2D eigenvalue weighted by molar-refractivity contribution is -0.137. The highest BCUT2D eigenvalue weighted by atomic mass is 19.4. The standard InChI is InChI=1S/C21H20F3N3O2/c1-2-27(20(29)12-11-15-7-9-16(13-25)10-8-15)14-19(28)26-18-6-4-3-5-17(18)21(22,23)24/h3-10H,2,11-12,14H2,1H3,(H,26,28). The van der Waals surface area contributed by atoms with Crippen LogP contribution in [-0.4, -0.2) is 29.8 Å². The molecule has 0 aliphatic carbocycles. The van der Waals surface area contributed by atoms with E-state index in [2.05, 4.69) is 5.32 Å². The van der Waals surface area contributed by atoms with Crippen molar-refractivity contribution in [1.29, 1.82) is 5.26 Å². The smallest absolute Gasteiger partial charge is 0.334 e. The van der Waals surface area contributed by atoms with Gasteiger partial charge in [0, 0.05) is 13.0 Å². The van der Waals surface area contributed by atoms with E-state index in [1.165, 1.54) is 23.1 Å². The molecule has 0 bridgehead atoms. The summed E-state index contributed by atoms with van der Waals surface area (Å²) in [5, 5.41) is 11.0. The fourth-order valence-electron chi connectivity index (χ4n) is 2.73. The molecule has 2 aromatic carbocycles. The third-order valence-electron chi connectivity index (χ3n) is 4.29. The minimum absolute atomic E-state index is 0.145. The number of para-hydroxylation sites is 1. The van der Waals surface area contributed by atoms with E-state index in [-0.39, 0.29) is 31.1 Å². The van der Waals surface area contributed by atoms with Gasteiger partial charge in [-0.3, -0.25) is 9.59 Å². The molecule has 0 atom stereocenters. The predicted octanol–water partition coefficient (Wildman–Crippen LogP) is 4.00. The molecule has 0 aromatic heterocycles. The number of hydrogen-bond acceptors (Lipinski definition) is 3. The van der Waals surface area contributed by atoms with Gasteiger partial charge >= 0.3 is 6.18 Å². The number of benzene rings is 2. The topological polar surface area (TPSA) is 73.2 Å². The number of hydrogen-bond donors (Lipinski definition) is 1. The lowest BCUT2D eigenvalue weighted by Gasteiger charge is -2.21. The van der Waals surface area contributed by atoms with Crippen LogP contribution in [0.2, 0.25) is 0 Å². The first kappa shape index (κ1) is 22.0. The molecule has 8 heteroatoms. The number of nitrogens with one attached hydrogen (secondary N) is 1. The number of alkyl halides is 3. The number of rotatable bonds is 7. The second-order valence-electron chi connectivity index (χ2n) is 6.31. The van der Waals surface area contributed by atoms with E-state index in [0.717, 1.165) is 11.6 Å². The lowest BCUT2D eigenvalue weighted by atomic mass is 10.1. The van der Waals surface area contributed by atoms with Crippen molar-refractivity contribution in [2.45, 2.75) is 25.9 Å². The van der Waals surface area contributed by atoms with Gasteiger partial charge in [-0.25, -0.2) is 0 Å². The van der Waals surface area contributed by atoms with Gasteiger partial charge in [0.05, 0.1) is 29.4 Å². The van der Waals surface area contributed by atoms with Crippen molar-refractivity contribution in [2.24, 2.45) is 0 Å². The highest BCUT2D eigenvalue weighted by Gasteiger charge is 2.33. The second-order valence-corrected chi connectivity index (χ2v) is 6.31. The maximum Gasteiger partial charge on any atom is 0.418 e. The average Bonchev–Trinajstić information content (AvgIpc) is 2.70. The monoisotopic (exact) mass is 403 g/mol. The van der Waals surface area contributed by atoms with Gasteiger partial charge in [0.1, 0.15) is 0 Å². The largest absolute Gasteiger partial charge is 0.418 e. The van der Waals surface area contributed by atoms with Crippen LogP contribution in [0.5, 0.6) is 0 Å². The Kier molecular flexibility index (Phi) is 7.37. The van der Waals surface area contributed by atoms with E-state index < -0.39 is 17.6 Å². The maximum absolute atomic E-state index is 13.0. The number of aryl methyl sites for hydroxylation is 1. The van der Waals surface area contributed by atoms with Crippen LogP contribution in [0.15, 0.2) is 48.5 Å². The molecule has 0 saturated carbocycles. The number of carbonyl (C=O) groups excluding carboxylic acids is 2. The maximum atomic E-state index is 13.0. The third-order valence-corrected chi connectivity index (χ3v) is 4.29. The summed E-state index contributed by atoms with van der Waals surface area (Å²) in [6.07, 6.45) is -4.02. The molecule has 152 valence electrons. The van der Waals surface area contributed by atoms with Crippen LogP contribution >= 0.6 is 0 Å². The van der Waals surface area contributed by atoms with E-state index in [0.29, 0.717) is 12.0 Å². The molecule has 2 rings (SSSR count). The Labute approximate surface area is 166 Å². The highest BCUT2D eigenvalue weighted by molar-refractivity contribution is 5.95. The molecule has 0 saturated heterocycles. The zero-order valence-corrected chi connectivity index (χ0v) is 15.8. The molecule has 5 nitrogen and oxygen atoms in total. The SMILES string of the molecule is CCN(CC(=O)Nc1ccccc1C(F)(F)F)C(=O)CCc1ccc(C#N)cc1. The number of carbonyl (C=O) groups is 2. The van der Waals surface area contributed by atoms with Crippen molar-refractivity contribution in [3.63, 3.8) is 0 Å². The van der Waals surface area contributed by atoms with Crippen molar-refractivity contribution < 1.29 is 22.8 Å². The van der Waals surface area contributed by atoms with Crippen LogP contribution in [0.3, 0.4) is 0 Å². The first-order chi connectivity index (χ1) is 13.7. The quantitative estimate of drug-likeness (QED) is 0.760. The molecule has 1 N–H and O–H groups in total. The van der Waals surface area contributed by atoms with Gasteiger partial charge in [0.25, 0.3) is 0 Å². The molecule has 0 heterocycles. The van der Waals surface area contributed by atoms with E-state index in [1.54, 1.807) is 31.2 Å². The molecule has 0 fully saturated rings. The normalized spacial score (nSPS) is 10.9. The molecular formula is C21H20F3N3O2. The van der Waals surface area contributed by atoms with Crippen LogP contribution < -0.4 is 5.32 Å². The molecule has 0 radical (unpaired) electrons. The highest BCUT2D eigenvalue weighted by Crippen LogP contribution is 2.34. The van der Waals surface area contributed by atoms with E-state index >= 15 is 0 Å². The average molecular weight is 403 g/mol. The van der Waals surface area contributed by atoms with Crippen LogP contribution in [0, 0.1) is 11.3 Å². The Hall–Kier alpha value is -3.34. The lowest BCUT2D eigenvalue weighted by Crippen LogP contribution is -2.38. The van der Waals surface area contributed by atoms with Gasteiger partial charge < -0.3 is 10.2 Å². The summed E-state index contributed by atoms with van der Waals surface area (Å²) in [4.78, 5) is 25.9. The van der Waals surface area contributed by atoms with Crippen molar-refractivity contribution in [3.05, 3.63) is 65.2 Å². The fraction of sp³-hybridized carbons (Fsp3) is 0.286. The number of nitriles is 1. The number of likely N-dealkylation sites (N-methyl/N-ethyl adjacent to an activating group) is 1. The van der Waals surface area contributed by atoms with Gasteiger partial charge in [0.2, 0.25) is 11.8 Å². The molecule has 29 heavy (non-hydrogen) atoms. The zero-order chi connectivity index (χ0) is 21.4. The summed E-state index contributed by atoms with van der Waals surface area (Å²) in [6.45, 7) is 1.60. The molecule has 0 aliphatic heterocycles. The van der Waals surface area contributed by atoms with Crippen LogP contribution in [0.4, 0.5) is 18.9 Å². The summed E-state index contributed by atoms with van der Waals surface area (Å²) >= 11 is 0. The predicted molar refractivity (Wildman–Crippen MR) is 102 cm³/mol. The van der Waals surface area contributed by atoms with Crippen molar-refractivity contribution in [1.82, 2.24) is 4.90 Å². The van der Waals surface area contributed by atoms with Gasteiger partial charge in [-0.2, -0.15) is 18.4 Å². The molecule has 2 aromatic rings. The summed E-state index contributed by atoms with van der Waals surface area (Å²) < 4.78 is 39.1. The summed E-state index contributed by atoms with van der Waals surface area (Å²) in [5.41, 5.74) is 0.109. The Morgan fingerprint density at radius 3 is 2.34 bits per heavy atom. The number of halogens is 3. The fourth-order valence-corrected chi connectivity index (χ4v) is 2.73. The summed E-state index contributed by atoms with van der Waals surface area (Å²) in [6, 6.07) is 13.5. The Morgan fingerprint density at radius 1 is 1.10 bits per heavy atom. The van der Waals surface area contributed by atoms with Crippen molar-refractivity contribution in [3.8, 4) is 6.07 Å². The molecule has 2 amide bonds. The molecule has 0 unspecified atom stereocenters. The van der Waals surface area contributed by atoms with Crippen molar-refractivity contribution in [2.75, 3.05) is 18.4 Å². The first-order valence-corrected chi connectivity index (χ1v) is 8.97. The molecule has 0 aliphatic rings. The summed E-state index contributed by atoms with van der Waals surface area (Å²) in [7, 11) is 0. The van der Waals surface area contributed by atoms with E-state index in [9.17, 15) is 22.8 Å². The number of anilines is 1. The van der Waals surface area contributed by atoms with Crippen LogP contribution in [0.25, 0.3) is 0 Å².